The highest BCUT2D eigenvalue weighted by molar-refractivity contribution is 8.03. The van der Waals surface area contributed by atoms with Crippen molar-refractivity contribution in [3.05, 3.63) is 26.4 Å². The largest absolute Gasteiger partial charge is 0.384 e. The molecular weight excluding hydrogens is 448 g/mol. The number of hydrogen-bond donors (Lipinski definition) is 3. The van der Waals surface area contributed by atoms with E-state index in [4.69, 9.17) is 5.73 Å². The number of hydrogen-bond acceptors (Lipinski definition) is 10. The summed E-state index contributed by atoms with van der Waals surface area (Å²) in [7, 11) is 0. The average Bonchev–Trinajstić information content (AvgIpc) is 3.14. The highest BCUT2D eigenvalue weighted by atomic mass is 32.2. The van der Waals surface area contributed by atoms with Crippen LogP contribution in [0.3, 0.4) is 0 Å². The fourth-order valence-electron chi connectivity index (χ4n) is 2.36. The fraction of sp³-hybridized carbons (Fsp3) is 0.529. The van der Waals surface area contributed by atoms with Crippen LogP contribution >= 0.6 is 34.9 Å². The Kier molecular flexibility index (Phi) is 9.11. The van der Waals surface area contributed by atoms with E-state index in [1.54, 1.807) is 0 Å². The van der Waals surface area contributed by atoms with Crippen molar-refractivity contribution in [2.75, 3.05) is 23.8 Å². The Morgan fingerprint density at radius 3 is 2.43 bits per heavy atom. The van der Waals surface area contributed by atoms with E-state index in [9.17, 15) is 19.2 Å². The highest BCUT2D eigenvalue weighted by Gasteiger charge is 2.20. The van der Waals surface area contributed by atoms with Crippen LogP contribution in [0.25, 0.3) is 0 Å². The number of nitrogens with two attached hydrogens (primary N) is 1. The minimum absolute atomic E-state index is 0.0762. The normalized spacial score (nSPS) is 11.1. The molecule has 30 heavy (non-hydrogen) atoms. The van der Waals surface area contributed by atoms with Crippen molar-refractivity contribution < 1.29 is 9.59 Å². The van der Waals surface area contributed by atoms with Gasteiger partial charge in [-0.3, -0.25) is 23.9 Å². The summed E-state index contributed by atoms with van der Waals surface area (Å²) in [5, 5.41) is 10.8. The van der Waals surface area contributed by atoms with Crippen LogP contribution in [0.4, 0.5) is 5.82 Å². The first-order valence-corrected chi connectivity index (χ1v) is 12.0. The lowest BCUT2D eigenvalue weighted by molar-refractivity contribution is -0.118. The molecule has 0 saturated heterocycles. The van der Waals surface area contributed by atoms with Gasteiger partial charge in [0.25, 0.3) is 5.56 Å². The summed E-state index contributed by atoms with van der Waals surface area (Å²) < 4.78 is 2.34. The molecule has 2 rings (SSSR count). The van der Waals surface area contributed by atoms with E-state index in [2.05, 4.69) is 20.5 Å². The molecule has 1 amide bonds. The van der Waals surface area contributed by atoms with E-state index in [1.807, 2.05) is 20.8 Å². The number of carbonyl (C=O) groups is 2. The van der Waals surface area contributed by atoms with Crippen LogP contribution in [0.15, 0.2) is 18.3 Å². The molecule has 0 aliphatic carbocycles. The van der Waals surface area contributed by atoms with E-state index >= 15 is 0 Å². The molecule has 0 atom stereocenters. The van der Waals surface area contributed by atoms with E-state index in [0.29, 0.717) is 15.2 Å². The SMILES string of the molecule is CCCNC(=O)CSc1nnc(SCC(=O)c2c(N)n(CC(C)C)c(=O)[nH]c2=O)s1. The van der Waals surface area contributed by atoms with Gasteiger partial charge >= 0.3 is 5.69 Å². The topological polar surface area (TPSA) is 153 Å². The quantitative estimate of drug-likeness (QED) is 0.323. The third-order valence-corrected chi connectivity index (χ3v) is 6.87. The van der Waals surface area contributed by atoms with E-state index in [1.165, 1.54) is 27.7 Å². The lowest BCUT2D eigenvalue weighted by Gasteiger charge is -2.13. The lowest BCUT2D eigenvalue weighted by Crippen LogP contribution is -2.37. The predicted molar refractivity (Wildman–Crippen MR) is 120 cm³/mol. The number of ketones is 1. The second kappa shape index (κ2) is 11.3. The molecule has 4 N–H and O–H groups in total. The second-order valence-corrected chi connectivity index (χ2v) is 10.1. The smallest absolute Gasteiger partial charge is 0.329 e. The zero-order chi connectivity index (χ0) is 22.3. The number of nitrogen functional groups attached to an aromatic ring is 1. The zero-order valence-corrected chi connectivity index (χ0v) is 19.3. The molecule has 0 fully saturated rings. The molecule has 10 nitrogen and oxygen atoms in total. The molecule has 2 heterocycles. The molecule has 0 unspecified atom stereocenters. The summed E-state index contributed by atoms with van der Waals surface area (Å²) in [4.78, 5) is 50.5. The number of nitrogens with one attached hydrogen (secondary N) is 2. The van der Waals surface area contributed by atoms with Gasteiger partial charge in [-0.2, -0.15) is 0 Å². The number of amides is 1. The molecule has 164 valence electrons. The standard InChI is InChI=1S/C17H24N6O4S3/c1-4-5-19-11(25)8-29-17-22-21-16(30-17)28-7-10(24)12-13(18)23(6-9(2)3)15(27)20-14(12)26/h9H,4-8,18H2,1-3H3,(H,19,25)(H,20,26,27). The number of thioether (sulfide) groups is 2. The van der Waals surface area contributed by atoms with Crippen LogP contribution in [0, 0.1) is 5.92 Å². The second-order valence-electron chi connectivity index (χ2n) is 6.71. The average molecular weight is 473 g/mol. The molecule has 13 heteroatoms. The fourth-order valence-corrected chi connectivity index (χ4v) is 5.08. The maximum absolute atomic E-state index is 12.6. The third kappa shape index (κ3) is 6.71. The number of nitrogens with zero attached hydrogens (tertiary/aromatic N) is 3. The van der Waals surface area contributed by atoms with Crippen molar-refractivity contribution in [1.82, 2.24) is 25.1 Å². The first-order chi connectivity index (χ1) is 14.2. The first-order valence-electron chi connectivity index (χ1n) is 9.24. The van der Waals surface area contributed by atoms with Crippen molar-refractivity contribution in [3.63, 3.8) is 0 Å². The number of aromatic amines is 1. The van der Waals surface area contributed by atoms with Crippen LogP contribution in [0.5, 0.6) is 0 Å². The number of anilines is 1. The Balaban J connectivity index is 2.01. The lowest BCUT2D eigenvalue weighted by atomic mass is 10.2. The number of Topliss-reactive ketones (excluding diaryl/α,β-unsaturated/α-hetero) is 1. The molecule has 0 bridgehead atoms. The van der Waals surface area contributed by atoms with Crippen molar-refractivity contribution >= 4 is 52.4 Å². The maximum atomic E-state index is 12.6. The van der Waals surface area contributed by atoms with Gasteiger partial charge in [0.1, 0.15) is 11.4 Å². The summed E-state index contributed by atoms with van der Waals surface area (Å²) in [6.07, 6.45) is 0.867. The summed E-state index contributed by atoms with van der Waals surface area (Å²) in [5.41, 5.74) is 4.30. The van der Waals surface area contributed by atoms with Crippen molar-refractivity contribution in [2.45, 2.75) is 42.4 Å². The van der Waals surface area contributed by atoms with Crippen molar-refractivity contribution in [3.8, 4) is 0 Å². The summed E-state index contributed by atoms with van der Waals surface area (Å²) in [6, 6.07) is 0. The van der Waals surface area contributed by atoms with Gasteiger partial charge in [0, 0.05) is 13.1 Å². The van der Waals surface area contributed by atoms with E-state index in [0.717, 1.165) is 18.2 Å². The monoisotopic (exact) mass is 472 g/mol. The van der Waals surface area contributed by atoms with Gasteiger partial charge in [0.2, 0.25) is 5.91 Å². The molecule has 0 radical (unpaired) electrons. The Hall–Kier alpha value is -2.12. The summed E-state index contributed by atoms with van der Waals surface area (Å²) >= 11 is 3.64. The zero-order valence-electron chi connectivity index (χ0n) is 16.9. The highest BCUT2D eigenvalue weighted by Crippen LogP contribution is 2.29. The van der Waals surface area contributed by atoms with Gasteiger partial charge in [0.05, 0.1) is 11.5 Å². The molecule has 0 spiro atoms. The van der Waals surface area contributed by atoms with Gasteiger partial charge in [-0.25, -0.2) is 4.79 Å². The minimum atomic E-state index is -0.797. The van der Waals surface area contributed by atoms with Gasteiger partial charge < -0.3 is 11.1 Å². The van der Waals surface area contributed by atoms with Crippen LogP contribution in [0.1, 0.15) is 37.6 Å². The van der Waals surface area contributed by atoms with E-state index in [-0.39, 0.29) is 41.3 Å². The number of H-pyrrole nitrogens is 1. The number of aromatic nitrogens is 4. The number of carbonyl (C=O) groups excluding carboxylic acids is 2. The minimum Gasteiger partial charge on any atom is -0.384 e. The van der Waals surface area contributed by atoms with Crippen LogP contribution in [0.2, 0.25) is 0 Å². The Morgan fingerprint density at radius 1 is 1.20 bits per heavy atom. The molecule has 2 aromatic rings. The van der Waals surface area contributed by atoms with Gasteiger partial charge in [0.15, 0.2) is 14.5 Å². The van der Waals surface area contributed by atoms with Crippen LogP contribution in [-0.2, 0) is 11.3 Å². The summed E-state index contributed by atoms with van der Waals surface area (Å²) in [5.74, 6) is -0.443. The molecule has 0 aromatic carbocycles. The predicted octanol–water partition coefficient (Wildman–Crippen LogP) is 1.22. The Labute approximate surface area is 185 Å². The molecule has 0 aliphatic heterocycles. The van der Waals surface area contributed by atoms with Crippen LogP contribution in [-0.4, -0.2) is 49.5 Å². The van der Waals surface area contributed by atoms with Crippen molar-refractivity contribution in [1.29, 1.82) is 0 Å². The molecule has 0 aliphatic rings. The molecule has 0 saturated carbocycles. The van der Waals surface area contributed by atoms with Crippen LogP contribution < -0.4 is 22.3 Å². The summed E-state index contributed by atoms with van der Waals surface area (Å²) in [6.45, 7) is 6.69. The number of rotatable bonds is 11. The van der Waals surface area contributed by atoms with Crippen molar-refractivity contribution in [2.24, 2.45) is 5.92 Å². The maximum Gasteiger partial charge on any atom is 0.329 e. The molecular formula is C17H24N6O4S3. The van der Waals surface area contributed by atoms with Gasteiger partial charge in [-0.1, -0.05) is 55.6 Å². The third-order valence-electron chi connectivity index (χ3n) is 3.68. The van der Waals surface area contributed by atoms with Gasteiger partial charge in [-0.05, 0) is 12.3 Å². The van der Waals surface area contributed by atoms with Gasteiger partial charge in [-0.15, -0.1) is 10.2 Å². The first kappa shape index (κ1) is 24.2. The van der Waals surface area contributed by atoms with E-state index < -0.39 is 17.0 Å². The Morgan fingerprint density at radius 2 is 1.83 bits per heavy atom. The molecule has 2 aromatic heterocycles. The Bertz CT molecular complexity index is 1010.